The smallest absolute Gasteiger partial charge is 0.320 e. The van der Waals surface area contributed by atoms with Crippen molar-refractivity contribution in [1.29, 1.82) is 0 Å². The van der Waals surface area contributed by atoms with Crippen molar-refractivity contribution in [1.82, 2.24) is 0 Å². The van der Waals surface area contributed by atoms with Gasteiger partial charge in [0.2, 0.25) is 0 Å². The number of ether oxygens (including phenoxy) is 1. The summed E-state index contributed by atoms with van der Waals surface area (Å²) in [5.41, 5.74) is 1.02. The maximum absolute atomic E-state index is 12.2. The molecule has 0 bridgehead atoms. The van der Waals surface area contributed by atoms with Gasteiger partial charge >= 0.3 is 4.83 Å². The summed E-state index contributed by atoms with van der Waals surface area (Å²) in [6, 6.07) is 9.56. The Bertz CT molecular complexity index is 306. The molecule has 1 aromatic rings. The van der Waals surface area contributed by atoms with Crippen LogP contribution in [0.3, 0.4) is 0 Å². The maximum atomic E-state index is 12.2. The van der Waals surface area contributed by atoms with Crippen LogP contribution in [-0.2, 0) is 11.3 Å². The fraction of sp³-hybridized carbons (Fsp3) is 0.273. The van der Waals surface area contributed by atoms with E-state index in [0.717, 1.165) is 11.6 Å². The fourth-order valence-electron chi connectivity index (χ4n) is 1.00. The van der Waals surface area contributed by atoms with Gasteiger partial charge in [0.15, 0.2) is 0 Å². The molecule has 0 heterocycles. The minimum atomic E-state index is -2.94. The Kier molecular flexibility index (Phi) is 4.91. The summed E-state index contributed by atoms with van der Waals surface area (Å²) in [5.74, 6) is 0. The van der Waals surface area contributed by atoms with Gasteiger partial charge in [0, 0.05) is 0 Å². The van der Waals surface area contributed by atoms with Crippen LogP contribution in [0.1, 0.15) is 5.56 Å². The first-order valence-electron chi connectivity index (χ1n) is 4.44. The molecular formula is C11H11BrF2O. The van der Waals surface area contributed by atoms with Crippen LogP contribution in [0.5, 0.6) is 0 Å². The first kappa shape index (κ1) is 12.3. The summed E-state index contributed by atoms with van der Waals surface area (Å²) >= 11 is 2.20. The van der Waals surface area contributed by atoms with Gasteiger partial charge in [0.25, 0.3) is 0 Å². The van der Waals surface area contributed by atoms with Crippen LogP contribution in [-0.4, -0.2) is 11.4 Å². The molecule has 0 saturated heterocycles. The zero-order valence-electron chi connectivity index (χ0n) is 8.00. The first-order chi connectivity index (χ1) is 7.08. The molecular weight excluding hydrogens is 266 g/mol. The molecule has 1 aromatic carbocycles. The Morgan fingerprint density at radius 2 is 1.93 bits per heavy atom. The average Bonchev–Trinajstić information content (AvgIpc) is 2.17. The number of hydrogen-bond acceptors (Lipinski definition) is 1. The monoisotopic (exact) mass is 276 g/mol. The minimum absolute atomic E-state index is 0.177. The summed E-state index contributed by atoms with van der Waals surface area (Å²) in [7, 11) is 0. The molecule has 0 unspecified atom stereocenters. The predicted octanol–water partition coefficient (Wildman–Crippen LogP) is 3.75. The van der Waals surface area contributed by atoms with Crippen molar-refractivity contribution in [2.24, 2.45) is 0 Å². The SMILES string of the molecule is FC(F)(Br)C=CCOCc1ccccc1. The number of allylic oxidation sites excluding steroid dienone is 1. The lowest BCUT2D eigenvalue weighted by Crippen LogP contribution is -1.99. The van der Waals surface area contributed by atoms with Crippen molar-refractivity contribution in [2.45, 2.75) is 11.4 Å². The van der Waals surface area contributed by atoms with Gasteiger partial charge in [-0.2, -0.15) is 8.78 Å². The highest BCUT2D eigenvalue weighted by atomic mass is 79.9. The summed E-state index contributed by atoms with van der Waals surface area (Å²) in [5, 5.41) is 0. The molecule has 1 nitrogen and oxygen atoms in total. The van der Waals surface area contributed by atoms with Crippen molar-refractivity contribution in [3.63, 3.8) is 0 Å². The van der Waals surface area contributed by atoms with E-state index in [-0.39, 0.29) is 6.61 Å². The molecule has 0 N–H and O–H groups in total. The van der Waals surface area contributed by atoms with E-state index in [0.29, 0.717) is 6.61 Å². The third-order valence-electron chi connectivity index (χ3n) is 1.63. The number of alkyl halides is 3. The van der Waals surface area contributed by atoms with Gasteiger partial charge in [-0.15, -0.1) is 0 Å². The lowest BCUT2D eigenvalue weighted by atomic mass is 10.2. The Morgan fingerprint density at radius 1 is 1.27 bits per heavy atom. The predicted molar refractivity (Wildman–Crippen MR) is 59.1 cm³/mol. The third-order valence-corrected chi connectivity index (χ3v) is 1.90. The molecule has 0 atom stereocenters. The zero-order valence-corrected chi connectivity index (χ0v) is 9.58. The van der Waals surface area contributed by atoms with E-state index in [2.05, 4.69) is 15.9 Å². The Labute approximate surface area is 95.9 Å². The normalized spacial score (nSPS) is 12.2. The maximum Gasteiger partial charge on any atom is 0.320 e. The van der Waals surface area contributed by atoms with Gasteiger partial charge in [-0.3, -0.25) is 0 Å². The van der Waals surface area contributed by atoms with Crippen LogP contribution in [0.25, 0.3) is 0 Å². The fourth-order valence-corrected chi connectivity index (χ4v) is 1.19. The highest BCUT2D eigenvalue weighted by Crippen LogP contribution is 2.22. The average molecular weight is 277 g/mol. The molecule has 0 amide bonds. The quantitative estimate of drug-likeness (QED) is 0.452. The van der Waals surface area contributed by atoms with E-state index >= 15 is 0 Å². The largest absolute Gasteiger partial charge is 0.373 e. The van der Waals surface area contributed by atoms with Crippen molar-refractivity contribution in [2.75, 3.05) is 6.61 Å². The van der Waals surface area contributed by atoms with Gasteiger partial charge in [0.1, 0.15) is 0 Å². The van der Waals surface area contributed by atoms with E-state index in [9.17, 15) is 8.78 Å². The molecule has 0 aliphatic carbocycles. The van der Waals surface area contributed by atoms with Crippen LogP contribution in [0.15, 0.2) is 42.5 Å². The highest BCUT2D eigenvalue weighted by Gasteiger charge is 2.17. The van der Waals surface area contributed by atoms with Gasteiger partial charge in [-0.1, -0.05) is 36.4 Å². The third kappa shape index (κ3) is 6.36. The molecule has 82 valence electrons. The Balaban J connectivity index is 2.21. The Hall–Kier alpha value is -0.740. The van der Waals surface area contributed by atoms with E-state index in [4.69, 9.17) is 4.74 Å². The molecule has 0 fully saturated rings. The molecule has 0 aliphatic heterocycles. The summed E-state index contributed by atoms with van der Waals surface area (Å²) < 4.78 is 29.7. The Morgan fingerprint density at radius 3 is 2.53 bits per heavy atom. The second-order valence-corrected chi connectivity index (χ2v) is 4.00. The molecule has 4 heteroatoms. The topological polar surface area (TPSA) is 9.23 Å². The molecule has 0 aromatic heterocycles. The molecule has 15 heavy (non-hydrogen) atoms. The van der Waals surface area contributed by atoms with Gasteiger partial charge in [0.05, 0.1) is 13.2 Å². The second-order valence-electron chi connectivity index (χ2n) is 2.94. The van der Waals surface area contributed by atoms with E-state index in [1.54, 1.807) is 0 Å². The zero-order chi connectivity index (χ0) is 11.1. The molecule has 0 aliphatic rings. The number of hydrogen-bond donors (Lipinski definition) is 0. The van der Waals surface area contributed by atoms with Crippen molar-refractivity contribution < 1.29 is 13.5 Å². The number of halogens is 3. The van der Waals surface area contributed by atoms with Gasteiger partial charge in [-0.05, 0) is 27.6 Å². The van der Waals surface area contributed by atoms with E-state index in [1.165, 1.54) is 6.08 Å². The van der Waals surface area contributed by atoms with Gasteiger partial charge in [-0.25, -0.2) is 0 Å². The molecule has 0 spiro atoms. The lowest BCUT2D eigenvalue weighted by molar-refractivity contribution is 0.143. The second kappa shape index (κ2) is 5.98. The minimum Gasteiger partial charge on any atom is -0.373 e. The standard InChI is InChI=1S/C11H11BrF2O/c12-11(13,14)7-4-8-15-9-10-5-2-1-3-6-10/h1-7H,8-9H2. The van der Waals surface area contributed by atoms with Crippen molar-refractivity contribution in [3.05, 3.63) is 48.0 Å². The number of benzene rings is 1. The van der Waals surface area contributed by atoms with Crippen LogP contribution in [0.2, 0.25) is 0 Å². The summed E-state index contributed by atoms with van der Waals surface area (Å²) in [6.07, 6.45) is 2.05. The van der Waals surface area contributed by atoms with Crippen molar-refractivity contribution in [3.8, 4) is 0 Å². The van der Waals surface area contributed by atoms with Crippen LogP contribution in [0.4, 0.5) is 8.78 Å². The van der Waals surface area contributed by atoms with Gasteiger partial charge < -0.3 is 4.74 Å². The van der Waals surface area contributed by atoms with E-state index in [1.807, 2.05) is 30.3 Å². The lowest BCUT2D eigenvalue weighted by Gasteiger charge is -2.02. The molecule has 0 radical (unpaired) electrons. The number of rotatable bonds is 5. The summed E-state index contributed by atoms with van der Waals surface area (Å²) in [4.78, 5) is -2.94. The van der Waals surface area contributed by atoms with Crippen LogP contribution < -0.4 is 0 Å². The molecule has 0 saturated carbocycles. The summed E-state index contributed by atoms with van der Waals surface area (Å²) in [6.45, 7) is 0.606. The first-order valence-corrected chi connectivity index (χ1v) is 5.23. The van der Waals surface area contributed by atoms with Crippen molar-refractivity contribution >= 4 is 15.9 Å². The molecule has 1 rings (SSSR count). The van der Waals surface area contributed by atoms with E-state index < -0.39 is 4.83 Å². The highest BCUT2D eigenvalue weighted by molar-refractivity contribution is 9.10. The van der Waals surface area contributed by atoms with Crippen LogP contribution in [0, 0.1) is 0 Å². The van der Waals surface area contributed by atoms with Crippen LogP contribution >= 0.6 is 15.9 Å².